The van der Waals surface area contributed by atoms with Gasteiger partial charge in [-0.3, -0.25) is 9.59 Å². The van der Waals surface area contributed by atoms with Crippen molar-refractivity contribution in [1.29, 1.82) is 0 Å². The number of ether oxygens (including phenoxy) is 1. The van der Waals surface area contributed by atoms with E-state index in [1.54, 1.807) is 12.1 Å². The number of ketones is 2. The van der Waals surface area contributed by atoms with Crippen molar-refractivity contribution in [2.45, 2.75) is 12.5 Å². The van der Waals surface area contributed by atoms with Gasteiger partial charge in [0.1, 0.15) is 5.76 Å². The summed E-state index contributed by atoms with van der Waals surface area (Å²) in [5.74, 6) is -2.04. The molecule has 29 heavy (non-hydrogen) atoms. The van der Waals surface area contributed by atoms with Gasteiger partial charge in [0, 0.05) is 11.6 Å². The molecule has 0 radical (unpaired) electrons. The first-order valence-electron chi connectivity index (χ1n) is 8.67. The van der Waals surface area contributed by atoms with E-state index in [0.29, 0.717) is 11.1 Å². The molecule has 0 amide bonds. The molecule has 7 heteroatoms. The van der Waals surface area contributed by atoms with Crippen molar-refractivity contribution in [3.63, 3.8) is 0 Å². The Labute approximate surface area is 165 Å². The van der Waals surface area contributed by atoms with Gasteiger partial charge in [0.25, 0.3) is 0 Å². The maximum absolute atomic E-state index is 12.9. The predicted octanol–water partition coefficient (Wildman–Crippen LogP) is 2.89. The Bertz CT molecular complexity index is 1170. The molecule has 0 aromatic heterocycles. The van der Waals surface area contributed by atoms with Crippen LogP contribution in [0.25, 0.3) is 12.2 Å². The van der Waals surface area contributed by atoms with Crippen LogP contribution < -0.4 is 0 Å². The zero-order chi connectivity index (χ0) is 20.9. The van der Waals surface area contributed by atoms with E-state index in [1.165, 1.54) is 49.4 Å². The summed E-state index contributed by atoms with van der Waals surface area (Å²) in [6.45, 7) is 1.31. The number of hydrogen-bond donors (Lipinski definition) is 4. The summed E-state index contributed by atoms with van der Waals surface area (Å²) in [7, 11) is 0. The summed E-state index contributed by atoms with van der Waals surface area (Å²) in [5.41, 5.74) is -0.395. The lowest BCUT2D eigenvalue weighted by Gasteiger charge is -2.27. The highest BCUT2D eigenvalue weighted by Crippen LogP contribution is 2.51. The fourth-order valence-electron chi connectivity index (χ4n) is 3.54. The van der Waals surface area contributed by atoms with Gasteiger partial charge in [-0.2, -0.15) is 0 Å². The molecule has 1 aliphatic carbocycles. The molecule has 2 aromatic rings. The Kier molecular flexibility index (Phi) is 3.97. The van der Waals surface area contributed by atoms with Crippen LogP contribution in [0.3, 0.4) is 0 Å². The Balaban J connectivity index is 1.73. The van der Waals surface area contributed by atoms with Gasteiger partial charge in [-0.15, -0.1) is 0 Å². The van der Waals surface area contributed by atoms with Gasteiger partial charge in [0.05, 0.1) is 5.57 Å². The van der Waals surface area contributed by atoms with Crippen molar-refractivity contribution < 1.29 is 34.8 Å². The maximum atomic E-state index is 12.9. The Morgan fingerprint density at radius 2 is 1.62 bits per heavy atom. The summed E-state index contributed by atoms with van der Waals surface area (Å²) in [5, 5.41) is 38.6. The van der Waals surface area contributed by atoms with E-state index in [0.717, 1.165) is 0 Å². The van der Waals surface area contributed by atoms with Crippen molar-refractivity contribution in [3.8, 4) is 23.0 Å². The minimum atomic E-state index is -1.72. The molecule has 1 heterocycles. The standard InChI is InChI=1S/C22H16O7/c1-11(23)15-7-13-8-19(26)20(27)10-16(13)22(15)21(28)9-14(29-22)4-2-12-3-5-17(24)18(25)6-12/h2-10,24-27H,1H3/t22-/m0/s1. The second kappa shape index (κ2) is 6.27. The molecular weight excluding hydrogens is 376 g/mol. The monoisotopic (exact) mass is 392 g/mol. The fourth-order valence-corrected chi connectivity index (χ4v) is 3.54. The van der Waals surface area contributed by atoms with Crippen molar-refractivity contribution in [2.75, 3.05) is 0 Å². The largest absolute Gasteiger partial charge is 0.504 e. The molecule has 146 valence electrons. The molecule has 4 N–H and O–H groups in total. The Morgan fingerprint density at radius 1 is 0.931 bits per heavy atom. The number of hydrogen-bond acceptors (Lipinski definition) is 7. The third-order valence-corrected chi connectivity index (χ3v) is 4.92. The first kappa shape index (κ1) is 18.4. The summed E-state index contributed by atoms with van der Waals surface area (Å²) in [6, 6.07) is 6.71. The molecule has 0 bridgehead atoms. The highest BCUT2D eigenvalue weighted by atomic mass is 16.5. The van der Waals surface area contributed by atoms with Crippen LogP contribution in [0.5, 0.6) is 23.0 Å². The topological polar surface area (TPSA) is 124 Å². The van der Waals surface area contributed by atoms with Crippen LogP contribution in [0.4, 0.5) is 0 Å². The third-order valence-electron chi connectivity index (χ3n) is 4.92. The lowest BCUT2D eigenvalue weighted by molar-refractivity contribution is -0.130. The average molecular weight is 392 g/mol. The Morgan fingerprint density at radius 3 is 2.31 bits per heavy atom. The molecule has 2 aliphatic rings. The van der Waals surface area contributed by atoms with E-state index < -0.39 is 17.1 Å². The van der Waals surface area contributed by atoms with E-state index in [-0.39, 0.29) is 39.9 Å². The normalized spacial score (nSPS) is 20.0. The summed E-state index contributed by atoms with van der Waals surface area (Å²) >= 11 is 0. The predicted molar refractivity (Wildman–Crippen MR) is 103 cm³/mol. The lowest BCUT2D eigenvalue weighted by Crippen LogP contribution is -2.36. The van der Waals surface area contributed by atoms with Crippen molar-refractivity contribution in [1.82, 2.24) is 0 Å². The summed E-state index contributed by atoms with van der Waals surface area (Å²) in [4.78, 5) is 25.2. The molecule has 1 spiro atoms. The highest BCUT2D eigenvalue weighted by molar-refractivity contribution is 6.16. The number of rotatable bonds is 3. The quantitative estimate of drug-likeness (QED) is 0.592. The SMILES string of the molecule is CC(=O)C1=Cc2cc(O)c(O)cc2[C@@]12OC(C=Cc1ccc(O)c(O)c1)=CC2=O. The Hall–Kier alpha value is -4.00. The molecule has 4 rings (SSSR count). The first-order valence-corrected chi connectivity index (χ1v) is 8.67. The van der Waals surface area contributed by atoms with Crippen molar-refractivity contribution in [2.24, 2.45) is 0 Å². The van der Waals surface area contributed by atoms with Crippen LogP contribution in [0.15, 0.2) is 53.8 Å². The van der Waals surface area contributed by atoms with E-state index >= 15 is 0 Å². The van der Waals surface area contributed by atoms with E-state index in [2.05, 4.69) is 0 Å². The summed E-state index contributed by atoms with van der Waals surface area (Å²) in [6.07, 6.45) is 5.77. The molecular formula is C22H16O7. The maximum Gasteiger partial charge on any atom is 0.225 e. The van der Waals surface area contributed by atoms with Gasteiger partial charge in [0.2, 0.25) is 11.4 Å². The molecule has 1 atom stereocenters. The zero-order valence-corrected chi connectivity index (χ0v) is 15.2. The van der Waals surface area contributed by atoms with Gasteiger partial charge >= 0.3 is 0 Å². The van der Waals surface area contributed by atoms with Crippen molar-refractivity contribution >= 4 is 23.7 Å². The number of allylic oxidation sites excluding steroid dienone is 1. The number of fused-ring (bicyclic) bond motifs is 2. The van der Waals surface area contributed by atoms with Crippen LogP contribution in [0.1, 0.15) is 23.6 Å². The minimum Gasteiger partial charge on any atom is -0.504 e. The number of Topliss-reactive ketones (excluding diaryl/α,β-unsaturated/α-hetero) is 1. The van der Waals surface area contributed by atoms with Gasteiger partial charge in [-0.05, 0) is 54.5 Å². The van der Waals surface area contributed by atoms with Crippen LogP contribution in [-0.4, -0.2) is 32.0 Å². The van der Waals surface area contributed by atoms with Gasteiger partial charge < -0.3 is 25.2 Å². The minimum absolute atomic E-state index is 0.101. The average Bonchev–Trinajstić information content (AvgIpc) is 3.15. The lowest BCUT2D eigenvalue weighted by atomic mass is 9.85. The molecule has 7 nitrogen and oxygen atoms in total. The number of benzene rings is 2. The van der Waals surface area contributed by atoms with Gasteiger partial charge in [0.15, 0.2) is 28.8 Å². The molecule has 1 aliphatic heterocycles. The number of phenols is 4. The van der Waals surface area contributed by atoms with E-state index in [4.69, 9.17) is 4.74 Å². The molecule has 0 saturated heterocycles. The number of carbonyl (C=O) groups excluding carboxylic acids is 2. The second-order valence-corrected chi connectivity index (χ2v) is 6.82. The highest BCUT2D eigenvalue weighted by Gasteiger charge is 2.54. The molecule has 2 aromatic carbocycles. The molecule has 0 unspecified atom stereocenters. The number of phenolic OH excluding ortho intramolecular Hbond substituents is 4. The van der Waals surface area contributed by atoms with Crippen LogP contribution >= 0.6 is 0 Å². The van der Waals surface area contributed by atoms with Gasteiger partial charge in [-0.25, -0.2) is 0 Å². The van der Waals surface area contributed by atoms with Gasteiger partial charge in [-0.1, -0.05) is 12.1 Å². The van der Waals surface area contributed by atoms with Crippen LogP contribution in [0.2, 0.25) is 0 Å². The smallest absolute Gasteiger partial charge is 0.225 e. The molecule has 0 saturated carbocycles. The van der Waals surface area contributed by atoms with E-state index in [1.807, 2.05) is 0 Å². The fraction of sp³-hybridized carbons (Fsp3) is 0.0909. The third kappa shape index (κ3) is 2.75. The number of aromatic hydroxyl groups is 4. The number of carbonyl (C=O) groups is 2. The first-order chi connectivity index (χ1) is 13.7. The second-order valence-electron chi connectivity index (χ2n) is 6.82. The van der Waals surface area contributed by atoms with Crippen molar-refractivity contribution in [3.05, 3.63) is 70.5 Å². The van der Waals surface area contributed by atoms with Crippen LogP contribution in [-0.2, 0) is 19.9 Å². The zero-order valence-electron chi connectivity index (χ0n) is 15.2. The van der Waals surface area contributed by atoms with Crippen LogP contribution in [0, 0.1) is 0 Å². The summed E-state index contributed by atoms with van der Waals surface area (Å²) < 4.78 is 5.92. The van der Waals surface area contributed by atoms with E-state index in [9.17, 15) is 30.0 Å². The molecule has 0 fully saturated rings.